The number of benzene rings is 1. The van der Waals surface area contributed by atoms with Crippen LogP contribution in [0.1, 0.15) is 24.4 Å². The van der Waals surface area contributed by atoms with E-state index in [0.717, 1.165) is 28.2 Å². The standard InChI is InChI=1S/C14H21BrN2O/c1-17(9-10-3-4-10)13(8-16)12-7-11(15)5-6-14(12)18-2/h5-7,10,13H,3-4,8-9,16H2,1-2H3. The predicted octanol–water partition coefficient (Wildman–Crippen LogP) is 2.80. The summed E-state index contributed by atoms with van der Waals surface area (Å²) in [5.74, 6) is 1.78. The van der Waals surface area contributed by atoms with Crippen LogP contribution in [0.4, 0.5) is 0 Å². The Balaban J connectivity index is 2.21. The third-order valence-electron chi connectivity index (χ3n) is 3.55. The van der Waals surface area contributed by atoms with Gasteiger partial charge in [0.2, 0.25) is 0 Å². The maximum absolute atomic E-state index is 5.96. The summed E-state index contributed by atoms with van der Waals surface area (Å²) in [5, 5.41) is 0. The zero-order chi connectivity index (χ0) is 13.1. The third kappa shape index (κ3) is 3.25. The fraction of sp³-hybridized carbons (Fsp3) is 0.571. The van der Waals surface area contributed by atoms with Crippen LogP contribution in [0.5, 0.6) is 5.75 Å². The Hall–Kier alpha value is -0.580. The van der Waals surface area contributed by atoms with Gasteiger partial charge >= 0.3 is 0 Å². The first kappa shape index (κ1) is 13.8. The molecule has 1 unspecified atom stereocenters. The lowest BCUT2D eigenvalue weighted by molar-refractivity contribution is 0.235. The van der Waals surface area contributed by atoms with E-state index in [0.29, 0.717) is 6.54 Å². The van der Waals surface area contributed by atoms with Crippen molar-refractivity contribution in [2.45, 2.75) is 18.9 Å². The van der Waals surface area contributed by atoms with Gasteiger partial charge in [-0.15, -0.1) is 0 Å². The lowest BCUT2D eigenvalue weighted by Crippen LogP contribution is -2.32. The van der Waals surface area contributed by atoms with Crippen molar-refractivity contribution < 1.29 is 4.74 Å². The van der Waals surface area contributed by atoms with E-state index in [1.54, 1.807) is 7.11 Å². The van der Waals surface area contributed by atoms with Crippen LogP contribution >= 0.6 is 15.9 Å². The van der Waals surface area contributed by atoms with E-state index in [9.17, 15) is 0 Å². The van der Waals surface area contributed by atoms with Gasteiger partial charge in [0.25, 0.3) is 0 Å². The number of hydrogen-bond acceptors (Lipinski definition) is 3. The van der Waals surface area contributed by atoms with Crippen molar-refractivity contribution in [2.24, 2.45) is 11.7 Å². The molecule has 2 rings (SSSR count). The van der Waals surface area contributed by atoms with Gasteiger partial charge in [0.1, 0.15) is 5.75 Å². The Morgan fingerprint density at radius 1 is 1.50 bits per heavy atom. The zero-order valence-corrected chi connectivity index (χ0v) is 12.6. The van der Waals surface area contributed by atoms with Crippen LogP contribution < -0.4 is 10.5 Å². The summed E-state index contributed by atoms with van der Waals surface area (Å²) >= 11 is 3.52. The summed E-state index contributed by atoms with van der Waals surface area (Å²) in [6.07, 6.45) is 2.72. The van der Waals surface area contributed by atoms with E-state index in [-0.39, 0.29) is 6.04 Å². The maximum atomic E-state index is 5.96. The van der Waals surface area contributed by atoms with E-state index in [1.807, 2.05) is 12.1 Å². The molecule has 0 aliphatic heterocycles. The largest absolute Gasteiger partial charge is 0.496 e. The second-order valence-corrected chi connectivity index (χ2v) is 5.94. The van der Waals surface area contributed by atoms with Crippen molar-refractivity contribution >= 4 is 15.9 Å². The van der Waals surface area contributed by atoms with Crippen LogP contribution in [0.25, 0.3) is 0 Å². The molecule has 100 valence electrons. The van der Waals surface area contributed by atoms with E-state index in [1.165, 1.54) is 12.8 Å². The first-order chi connectivity index (χ1) is 8.65. The number of halogens is 1. The Morgan fingerprint density at radius 2 is 2.22 bits per heavy atom. The monoisotopic (exact) mass is 312 g/mol. The summed E-state index contributed by atoms with van der Waals surface area (Å²) in [6, 6.07) is 6.32. The average molecular weight is 313 g/mol. The van der Waals surface area contributed by atoms with Gasteiger partial charge in [0.15, 0.2) is 0 Å². The van der Waals surface area contributed by atoms with Crippen LogP contribution in [0, 0.1) is 5.92 Å². The van der Waals surface area contributed by atoms with Crippen molar-refractivity contribution in [3.8, 4) is 5.75 Å². The molecular formula is C14H21BrN2O. The number of nitrogens with zero attached hydrogens (tertiary/aromatic N) is 1. The molecule has 18 heavy (non-hydrogen) atoms. The number of nitrogens with two attached hydrogens (primary N) is 1. The quantitative estimate of drug-likeness (QED) is 0.878. The highest BCUT2D eigenvalue weighted by Crippen LogP contribution is 2.35. The molecule has 0 spiro atoms. The van der Waals surface area contributed by atoms with Gasteiger partial charge in [-0.2, -0.15) is 0 Å². The molecule has 0 aromatic heterocycles. The molecular weight excluding hydrogens is 292 g/mol. The van der Waals surface area contributed by atoms with Crippen molar-refractivity contribution in [3.05, 3.63) is 28.2 Å². The molecule has 1 fully saturated rings. The smallest absolute Gasteiger partial charge is 0.123 e. The Morgan fingerprint density at radius 3 is 2.78 bits per heavy atom. The van der Waals surface area contributed by atoms with Gasteiger partial charge in [-0.25, -0.2) is 0 Å². The van der Waals surface area contributed by atoms with Crippen LogP contribution in [0.15, 0.2) is 22.7 Å². The molecule has 1 atom stereocenters. The summed E-state index contributed by atoms with van der Waals surface area (Å²) < 4.78 is 6.52. The Kier molecular flexibility index (Phi) is 4.65. The fourth-order valence-corrected chi connectivity index (χ4v) is 2.72. The number of rotatable bonds is 6. The Bertz CT molecular complexity index is 407. The van der Waals surface area contributed by atoms with Gasteiger partial charge in [0, 0.05) is 23.1 Å². The minimum atomic E-state index is 0.220. The van der Waals surface area contributed by atoms with Crippen molar-refractivity contribution in [1.29, 1.82) is 0 Å². The first-order valence-corrected chi connectivity index (χ1v) is 7.18. The highest BCUT2D eigenvalue weighted by molar-refractivity contribution is 9.10. The minimum Gasteiger partial charge on any atom is -0.496 e. The molecule has 1 saturated carbocycles. The summed E-state index contributed by atoms with van der Waals surface area (Å²) in [7, 11) is 3.86. The van der Waals surface area contributed by atoms with E-state index < -0.39 is 0 Å². The highest BCUT2D eigenvalue weighted by atomic mass is 79.9. The van der Waals surface area contributed by atoms with E-state index in [2.05, 4.69) is 33.9 Å². The van der Waals surface area contributed by atoms with Crippen LogP contribution in [-0.4, -0.2) is 32.1 Å². The second-order valence-electron chi connectivity index (χ2n) is 5.02. The molecule has 3 nitrogen and oxygen atoms in total. The zero-order valence-electron chi connectivity index (χ0n) is 11.0. The maximum Gasteiger partial charge on any atom is 0.123 e. The predicted molar refractivity (Wildman–Crippen MR) is 77.8 cm³/mol. The summed E-state index contributed by atoms with van der Waals surface area (Å²) in [5.41, 5.74) is 7.13. The Labute approximate surface area is 117 Å². The average Bonchev–Trinajstić information content (AvgIpc) is 3.14. The summed E-state index contributed by atoms with van der Waals surface area (Å²) in [4.78, 5) is 2.35. The summed E-state index contributed by atoms with van der Waals surface area (Å²) in [6.45, 7) is 1.73. The lowest BCUT2D eigenvalue weighted by Gasteiger charge is -2.28. The second kappa shape index (κ2) is 6.04. The topological polar surface area (TPSA) is 38.5 Å². The van der Waals surface area contributed by atoms with Gasteiger partial charge in [-0.1, -0.05) is 15.9 Å². The van der Waals surface area contributed by atoms with Gasteiger partial charge < -0.3 is 10.5 Å². The molecule has 0 bridgehead atoms. The number of hydrogen-bond donors (Lipinski definition) is 1. The number of likely N-dealkylation sites (N-methyl/N-ethyl adjacent to an activating group) is 1. The molecule has 0 heterocycles. The molecule has 0 saturated heterocycles. The first-order valence-electron chi connectivity index (χ1n) is 6.39. The molecule has 2 N–H and O–H groups in total. The minimum absolute atomic E-state index is 0.220. The van der Waals surface area contributed by atoms with E-state index in [4.69, 9.17) is 10.5 Å². The molecule has 1 aliphatic rings. The number of methoxy groups -OCH3 is 1. The fourth-order valence-electron chi connectivity index (χ4n) is 2.34. The molecule has 1 aromatic carbocycles. The molecule has 1 aromatic rings. The van der Waals surface area contributed by atoms with Crippen LogP contribution in [-0.2, 0) is 0 Å². The van der Waals surface area contributed by atoms with Crippen LogP contribution in [0.3, 0.4) is 0 Å². The van der Waals surface area contributed by atoms with Gasteiger partial charge in [-0.3, -0.25) is 4.90 Å². The van der Waals surface area contributed by atoms with E-state index >= 15 is 0 Å². The normalized spacial score (nSPS) is 16.9. The number of ether oxygens (including phenoxy) is 1. The third-order valence-corrected chi connectivity index (χ3v) is 4.04. The molecule has 0 radical (unpaired) electrons. The SMILES string of the molecule is COc1ccc(Br)cc1C(CN)N(C)CC1CC1. The highest BCUT2D eigenvalue weighted by Gasteiger charge is 2.27. The van der Waals surface area contributed by atoms with Crippen molar-refractivity contribution in [1.82, 2.24) is 4.90 Å². The van der Waals surface area contributed by atoms with Gasteiger partial charge in [-0.05, 0) is 44.0 Å². The lowest BCUT2D eigenvalue weighted by atomic mass is 10.0. The van der Waals surface area contributed by atoms with Crippen LogP contribution in [0.2, 0.25) is 0 Å². The van der Waals surface area contributed by atoms with Crippen molar-refractivity contribution in [2.75, 3.05) is 27.2 Å². The molecule has 4 heteroatoms. The molecule has 1 aliphatic carbocycles. The van der Waals surface area contributed by atoms with Crippen molar-refractivity contribution in [3.63, 3.8) is 0 Å². The van der Waals surface area contributed by atoms with Gasteiger partial charge in [0.05, 0.1) is 13.2 Å². The molecule has 0 amide bonds.